The smallest absolute Gasteiger partial charge is 0.315 e. The topological polar surface area (TPSA) is 78.4 Å². The van der Waals surface area contributed by atoms with Crippen molar-refractivity contribution in [3.05, 3.63) is 0 Å². The molecule has 1 rings (SSSR count). The van der Waals surface area contributed by atoms with E-state index < -0.39 is 5.97 Å². The predicted octanol–water partition coefficient (Wildman–Crippen LogP) is 1.73. The Balaban J connectivity index is 2.19. The highest BCUT2D eigenvalue weighted by atomic mass is 16.4. The molecule has 3 N–H and O–H groups in total. The second-order valence-electron chi connectivity index (χ2n) is 4.71. The van der Waals surface area contributed by atoms with Crippen LogP contribution in [0.1, 0.15) is 45.4 Å². The Kier molecular flexibility index (Phi) is 5.80. The summed E-state index contributed by atoms with van der Waals surface area (Å²) in [5.74, 6) is -0.284. The van der Waals surface area contributed by atoms with Crippen molar-refractivity contribution in [2.24, 2.45) is 5.92 Å². The number of hydrogen-bond donors (Lipinski definition) is 3. The Labute approximate surface area is 102 Å². The molecule has 0 spiro atoms. The normalized spacial score (nSPS) is 17.7. The Morgan fingerprint density at radius 1 is 1.35 bits per heavy atom. The SMILES string of the molecule is CCC(CC(=O)O)NC(=O)NCC1CCCC1. The zero-order chi connectivity index (χ0) is 12.7. The molecule has 1 fully saturated rings. The molecule has 1 saturated carbocycles. The summed E-state index contributed by atoms with van der Waals surface area (Å²) in [5, 5.41) is 14.2. The van der Waals surface area contributed by atoms with Gasteiger partial charge in [0.25, 0.3) is 0 Å². The van der Waals surface area contributed by atoms with Crippen LogP contribution in [-0.4, -0.2) is 29.7 Å². The predicted molar refractivity (Wildman–Crippen MR) is 64.8 cm³/mol. The average Bonchev–Trinajstić information content (AvgIpc) is 2.77. The molecule has 2 amide bonds. The van der Waals surface area contributed by atoms with Crippen LogP contribution in [0.5, 0.6) is 0 Å². The molecule has 0 radical (unpaired) electrons. The van der Waals surface area contributed by atoms with Gasteiger partial charge in [-0.25, -0.2) is 4.79 Å². The summed E-state index contributed by atoms with van der Waals surface area (Å²) in [6.07, 6.45) is 5.49. The Morgan fingerprint density at radius 3 is 2.53 bits per heavy atom. The molecule has 0 aromatic rings. The number of carboxylic acids is 1. The van der Waals surface area contributed by atoms with Crippen LogP contribution < -0.4 is 10.6 Å². The van der Waals surface area contributed by atoms with E-state index in [4.69, 9.17) is 5.11 Å². The lowest BCUT2D eigenvalue weighted by Crippen LogP contribution is -2.44. The lowest BCUT2D eigenvalue weighted by molar-refractivity contribution is -0.137. The summed E-state index contributed by atoms with van der Waals surface area (Å²) < 4.78 is 0. The molecule has 0 aromatic carbocycles. The Hall–Kier alpha value is -1.26. The van der Waals surface area contributed by atoms with E-state index in [0.29, 0.717) is 18.9 Å². The van der Waals surface area contributed by atoms with E-state index in [1.165, 1.54) is 25.7 Å². The summed E-state index contributed by atoms with van der Waals surface area (Å²) in [7, 11) is 0. The molecule has 0 saturated heterocycles. The number of amides is 2. The third-order valence-corrected chi connectivity index (χ3v) is 3.28. The number of aliphatic carboxylic acids is 1. The van der Waals surface area contributed by atoms with Gasteiger partial charge in [0.1, 0.15) is 0 Å². The van der Waals surface area contributed by atoms with Gasteiger partial charge in [0, 0.05) is 12.6 Å². The second-order valence-corrected chi connectivity index (χ2v) is 4.71. The standard InChI is InChI=1S/C12H22N2O3/c1-2-10(7-11(15)16)14-12(17)13-8-9-5-3-4-6-9/h9-10H,2-8H2,1H3,(H,15,16)(H2,13,14,17). The summed E-state index contributed by atoms with van der Waals surface area (Å²) in [5.41, 5.74) is 0. The van der Waals surface area contributed by atoms with Gasteiger partial charge in [-0.1, -0.05) is 19.8 Å². The minimum absolute atomic E-state index is 0.0205. The van der Waals surface area contributed by atoms with Gasteiger partial charge < -0.3 is 15.7 Å². The first kappa shape index (κ1) is 13.8. The van der Waals surface area contributed by atoms with Crippen LogP contribution >= 0.6 is 0 Å². The van der Waals surface area contributed by atoms with E-state index in [2.05, 4.69) is 10.6 Å². The van der Waals surface area contributed by atoms with Crippen LogP contribution in [-0.2, 0) is 4.79 Å². The van der Waals surface area contributed by atoms with E-state index in [0.717, 1.165) is 0 Å². The maximum absolute atomic E-state index is 11.5. The van der Waals surface area contributed by atoms with Crippen molar-refractivity contribution in [2.75, 3.05) is 6.54 Å². The molecule has 0 aliphatic heterocycles. The third-order valence-electron chi connectivity index (χ3n) is 3.28. The number of urea groups is 1. The highest BCUT2D eigenvalue weighted by Crippen LogP contribution is 2.23. The van der Waals surface area contributed by atoms with Crippen LogP contribution in [0.2, 0.25) is 0 Å². The quantitative estimate of drug-likeness (QED) is 0.663. The Bertz CT molecular complexity index is 262. The number of carbonyl (C=O) groups is 2. The summed E-state index contributed by atoms with van der Waals surface area (Å²) in [4.78, 5) is 22.1. The van der Waals surface area contributed by atoms with Gasteiger partial charge in [-0.05, 0) is 25.2 Å². The molecule has 0 aromatic heterocycles. The van der Waals surface area contributed by atoms with Crippen molar-refractivity contribution < 1.29 is 14.7 Å². The minimum Gasteiger partial charge on any atom is -0.481 e. The molecular formula is C12H22N2O3. The molecule has 17 heavy (non-hydrogen) atoms. The van der Waals surface area contributed by atoms with Gasteiger partial charge >= 0.3 is 12.0 Å². The molecule has 1 atom stereocenters. The fourth-order valence-corrected chi connectivity index (χ4v) is 2.20. The lowest BCUT2D eigenvalue weighted by Gasteiger charge is -2.17. The zero-order valence-corrected chi connectivity index (χ0v) is 10.4. The molecule has 0 bridgehead atoms. The van der Waals surface area contributed by atoms with Crippen molar-refractivity contribution in [3.8, 4) is 0 Å². The number of carboxylic acid groups (broad SMARTS) is 1. The van der Waals surface area contributed by atoms with Gasteiger partial charge in [0.05, 0.1) is 6.42 Å². The summed E-state index contributed by atoms with van der Waals surface area (Å²) in [6, 6.07) is -0.527. The van der Waals surface area contributed by atoms with Crippen molar-refractivity contribution in [1.82, 2.24) is 10.6 Å². The minimum atomic E-state index is -0.882. The largest absolute Gasteiger partial charge is 0.481 e. The van der Waals surface area contributed by atoms with Crippen LogP contribution in [0.3, 0.4) is 0 Å². The maximum atomic E-state index is 11.5. The van der Waals surface area contributed by atoms with Gasteiger partial charge in [-0.3, -0.25) is 4.79 Å². The molecule has 5 heteroatoms. The molecule has 1 aliphatic carbocycles. The summed E-state index contributed by atoms with van der Waals surface area (Å²) in [6.45, 7) is 2.57. The Morgan fingerprint density at radius 2 is 2.00 bits per heavy atom. The first-order valence-electron chi connectivity index (χ1n) is 6.38. The highest BCUT2D eigenvalue weighted by molar-refractivity contribution is 5.75. The van der Waals surface area contributed by atoms with Crippen LogP contribution in [0.4, 0.5) is 4.79 Å². The first-order chi connectivity index (χ1) is 8.11. The van der Waals surface area contributed by atoms with E-state index in [1.807, 2.05) is 6.92 Å². The van der Waals surface area contributed by atoms with E-state index in [9.17, 15) is 9.59 Å². The maximum Gasteiger partial charge on any atom is 0.315 e. The second kappa shape index (κ2) is 7.14. The van der Waals surface area contributed by atoms with Gasteiger partial charge in [-0.2, -0.15) is 0 Å². The van der Waals surface area contributed by atoms with E-state index in [1.54, 1.807) is 0 Å². The average molecular weight is 242 g/mol. The van der Waals surface area contributed by atoms with Gasteiger partial charge in [0.15, 0.2) is 0 Å². The lowest BCUT2D eigenvalue weighted by atomic mass is 10.1. The fourth-order valence-electron chi connectivity index (χ4n) is 2.20. The fraction of sp³-hybridized carbons (Fsp3) is 0.833. The number of hydrogen-bond acceptors (Lipinski definition) is 2. The molecule has 98 valence electrons. The highest BCUT2D eigenvalue weighted by Gasteiger charge is 2.17. The number of nitrogens with one attached hydrogen (secondary N) is 2. The molecular weight excluding hydrogens is 220 g/mol. The summed E-state index contributed by atoms with van der Waals surface area (Å²) >= 11 is 0. The van der Waals surface area contributed by atoms with Crippen molar-refractivity contribution in [1.29, 1.82) is 0 Å². The van der Waals surface area contributed by atoms with Crippen molar-refractivity contribution in [2.45, 2.75) is 51.5 Å². The van der Waals surface area contributed by atoms with Crippen LogP contribution in [0.15, 0.2) is 0 Å². The van der Waals surface area contributed by atoms with Crippen LogP contribution in [0.25, 0.3) is 0 Å². The van der Waals surface area contributed by atoms with Crippen LogP contribution in [0, 0.1) is 5.92 Å². The first-order valence-corrected chi connectivity index (χ1v) is 6.38. The number of rotatable bonds is 6. The van der Waals surface area contributed by atoms with Crippen molar-refractivity contribution >= 4 is 12.0 Å². The van der Waals surface area contributed by atoms with Crippen molar-refractivity contribution in [3.63, 3.8) is 0 Å². The van der Waals surface area contributed by atoms with E-state index in [-0.39, 0.29) is 18.5 Å². The number of carbonyl (C=O) groups excluding carboxylic acids is 1. The van der Waals surface area contributed by atoms with E-state index >= 15 is 0 Å². The molecule has 1 aliphatic rings. The molecule has 0 heterocycles. The van der Waals surface area contributed by atoms with Gasteiger partial charge in [0.2, 0.25) is 0 Å². The third kappa shape index (κ3) is 5.56. The molecule has 1 unspecified atom stereocenters. The monoisotopic (exact) mass is 242 g/mol. The zero-order valence-electron chi connectivity index (χ0n) is 10.4. The van der Waals surface area contributed by atoms with Gasteiger partial charge in [-0.15, -0.1) is 0 Å². The molecule has 5 nitrogen and oxygen atoms in total.